The number of benzene rings is 1. The Labute approximate surface area is 97.2 Å². The summed E-state index contributed by atoms with van der Waals surface area (Å²) in [7, 11) is 0. The zero-order valence-corrected chi connectivity index (χ0v) is 9.33. The van der Waals surface area contributed by atoms with Crippen LogP contribution in [0.2, 0.25) is 0 Å². The van der Waals surface area contributed by atoms with Crippen LogP contribution in [0.1, 0.15) is 0 Å². The molecule has 1 amide bonds. The molecular formula is C11H11N3OS. The molecule has 1 aromatic carbocycles. The Bertz CT molecular complexity index is 481. The second-order valence-corrected chi connectivity index (χ2v) is 4.24. The zero-order chi connectivity index (χ0) is 11.4. The molecular weight excluding hydrogens is 222 g/mol. The smallest absolute Gasteiger partial charge is 0.227 e. The predicted octanol–water partition coefficient (Wildman–Crippen LogP) is 1.65. The summed E-state index contributed by atoms with van der Waals surface area (Å²) < 4.78 is 0. The Hall–Kier alpha value is -1.75. The molecule has 2 rings (SSSR count). The van der Waals surface area contributed by atoms with E-state index in [-0.39, 0.29) is 11.7 Å². The molecule has 3 N–H and O–H groups in total. The lowest BCUT2D eigenvalue weighted by Crippen LogP contribution is -2.12. The Morgan fingerprint density at radius 3 is 2.81 bits per heavy atom. The summed E-state index contributed by atoms with van der Waals surface area (Å²) in [5.74, 6) is -0.0896. The Balaban J connectivity index is 2.11. The first-order valence-electron chi connectivity index (χ1n) is 4.77. The lowest BCUT2D eigenvalue weighted by Gasteiger charge is -1.93. The fraction of sp³-hybridized carbons (Fsp3) is 0.0909. The average molecular weight is 233 g/mol. The number of rotatable bonds is 4. The van der Waals surface area contributed by atoms with E-state index in [9.17, 15) is 4.79 Å². The topological polar surface area (TPSA) is 71.8 Å². The minimum absolute atomic E-state index is 0.249. The number of H-pyrrole nitrogens is 1. The van der Waals surface area contributed by atoms with Gasteiger partial charge in [-0.25, -0.2) is 0 Å². The number of primary amides is 1. The monoisotopic (exact) mass is 233 g/mol. The SMILES string of the molecule is NC(=O)CSc1cc(-c2ccccc2)[nH]n1. The van der Waals surface area contributed by atoms with E-state index in [2.05, 4.69) is 10.2 Å². The van der Waals surface area contributed by atoms with Gasteiger partial charge in [-0.3, -0.25) is 9.89 Å². The largest absolute Gasteiger partial charge is 0.369 e. The Morgan fingerprint density at radius 2 is 2.12 bits per heavy atom. The second kappa shape index (κ2) is 4.85. The highest BCUT2D eigenvalue weighted by atomic mass is 32.2. The number of hydrogen-bond acceptors (Lipinski definition) is 3. The molecule has 0 saturated carbocycles. The molecule has 0 bridgehead atoms. The van der Waals surface area contributed by atoms with E-state index in [1.165, 1.54) is 11.8 Å². The minimum atomic E-state index is -0.339. The first kappa shape index (κ1) is 10.8. The number of nitrogens with one attached hydrogen (secondary N) is 1. The van der Waals surface area contributed by atoms with Crippen molar-refractivity contribution in [3.8, 4) is 11.3 Å². The first-order valence-corrected chi connectivity index (χ1v) is 5.76. The van der Waals surface area contributed by atoms with Crippen molar-refractivity contribution in [1.82, 2.24) is 10.2 Å². The normalized spacial score (nSPS) is 10.2. The highest BCUT2D eigenvalue weighted by molar-refractivity contribution is 7.99. The minimum Gasteiger partial charge on any atom is -0.369 e. The Morgan fingerprint density at radius 1 is 1.38 bits per heavy atom. The first-order chi connectivity index (χ1) is 7.75. The maximum Gasteiger partial charge on any atom is 0.227 e. The van der Waals surface area contributed by atoms with Gasteiger partial charge in [-0.1, -0.05) is 42.1 Å². The van der Waals surface area contributed by atoms with E-state index >= 15 is 0 Å². The van der Waals surface area contributed by atoms with Crippen molar-refractivity contribution in [1.29, 1.82) is 0 Å². The third-order valence-corrected chi connectivity index (χ3v) is 2.94. The van der Waals surface area contributed by atoms with Crippen molar-refractivity contribution >= 4 is 17.7 Å². The molecule has 0 radical (unpaired) electrons. The van der Waals surface area contributed by atoms with Crippen LogP contribution in [0.15, 0.2) is 41.4 Å². The summed E-state index contributed by atoms with van der Waals surface area (Å²) in [6.07, 6.45) is 0. The van der Waals surface area contributed by atoms with Crippen LogP contribution >= 0.6 is 11.8 Å². The molecule has 2 aromatic rings. The van der Waals surface area contributed by atoms with E-state index in [0.29, 0.717) is 0 Å². The molecule has 0 aliphatic rings. The molecule has 1 aromatic heterocycles. The Kier molecular flexibility index (Phi) is 3.26. The molecule has 0 aliphatic carbocycles. The van der Waals surface area contributed by atoms with Gasteiger partial charge in [-0.15, -0.1) is 0 Å². The van der Waals surface area contributed by atoms with Crippen LogP contribution < -0.4 is 5.73 Å². The number of hydrogen-bond donors (Lipinski definition) is 2. The number of aromatic amines is 1. The van der Waals surface area contributed by atoms with Gasteiger partial charge in [-0.2, -0.15) is 5.10 Å². The van der Waals surface area contributed by atoms with E-state index < -0.39 is 0 Å². The number of carbonyl (C=O) groups is 1. The second-order valence-electron chi connectivity index (χ2n) is 3.24. The molecule has 0 fully saturated rings. The van der Waals surface area contributed by atoms with Gasteiger partial charge < -0.3 is 5.73 Å². The summed E-state index contributed by atoms with van der Waals surface area (Å²) in [5.41, 5.74) is 7.07. The number of amides is 1. The van der Waals surface area contributed by atoms with Crippen LogP contribution in [0.4, 0.5) is 0 Å². The highest BCUT2D eigenvalue weighted by Gasteiger charge is 2.04. The summed E-state index contributed by atoms with van der Waals surface area (Å²) in [4.78, 5) is 10.6. The number of nitrogens with two attached hydrogens (primary N) is 1. The van der Waals surface area contributed by atoms with Crippen LogP contribution in [0.5, 0.6) is 0 Å². The lowest BCUT2D eigenvalue weighted by molar-refractivity contribution is -0.115. The van der Waals surface area contributed by atoms with Gasteiger partial charge in [0.2, 0.25) is 5.91 Å². The molecule has 5 heteroatoms. The molecule has 0 atom stereocenters. The van der Waals surface area contributed by atoms with Gasteiger partial charge in [-0.05, 0) is 11.6 Å². The number of carbonyl (C=O) groups excluding carboxylic acids is 1. The van der Waals surface area contributed by atoms with Crippen molar-refractivity contribution < 1.29 is 4.79 Å². The molecule has 82 valence electrons. The summed E-state index contributed by atoms with van der Waals surface area (Å²) in [6.45, 7) is 0. The van der Waals surface area contributed by atoms with Gasteiger partial charge in [0.25, 0.3) is 0 Å². The van der Waals surface area contributed by atoms with Crippen LogP contribution in [0.25, 0.3) is 11.3 Å². The molecule has 0 saturated heterocycles. The fourth-order valence-electron chi connectivity index (χ4n) is 1.29. The van der Waals surface area contributed by atoms with Crippen LogP contribution in [0, 0.1) is 0 Å². The van der Waals surface area contributed by atoms with Crippen molar-refractivity contribution in [2.75, 3.05) is 5.75 Å². The van der Waals surface area contributed by atoms with Crippen molar-refractivity contribution in [3.05, 3.63) is 36.4 Å². The lowest BCUT2D eigenvalue weighted by atomic mass is 10.2. The van der Waals surface area contributed by atoms with E-state index in [4.69, 9.17) is 5.73 Å². The molecule has 1 heterocycles. The fourth-order valence-corrected chi connectivity index (χ4v) is 1.89. The molecule has 0 spiro atoms. The predicted molar refractivity (Wildman–Crippen MR) is 63.9 cm³/mol. The number of thioether (sulfide) groups is 1. The summed E-state index contributed by atoms with van der Waals surface area (Å²) in [6, 6.07) is 11.8. The van der Waals surface area contributed by atoms with Crippen molar-refractivity contribution in [2.24, 2.45) is 5.73 Å². The van der Waals surface area contributed by atoms with Crippen molar-refractivity contribution in [3.63, 3.8) is 0 Å². The third-order valence-electron chi connectivity index (χ3n) is 2.00. The van der Waals surface area contributed by atoms with E-state index in [1.54, 1.807) is 0 Å². The summed E-state index contributed by atoms with van der Waals surface area (Å²) in [5, 5.41) is 7.79. The highest BCUT2D eigenvalue weighted by Crippen LogP contribution is 2.22. The maximum absolute atomic E-state index is 10.6. The summed E-state index contributed by atoms with van der Waals surface area (Å²) >= 11 is 1.33. The molecule has 0 unspecified atom stereocenters. The van der Waals surface area contributed by atoms with E-state index in [1.807, 2.05) is 36.4 Å². The quantitative estimate of drug-likeness (QED) is 0.789. The van der Waals surface area contributed by atoms with Gasteiger partial charge in [0, 0.05) is 0 Å². The molecule has 4 nitrogen and oxygen atoms in total. The van der Waals surface area contributed by atoms with Gasteiger partial charge >= 0.3 is 0 Å². The molecule has 0 aliphatic heterocycles. The third kappa shape index (κ3) is 2.64. The standard InChI is InChI=1S/C11H11N3OS/c12-10(15)7-16-11-6-9(13-14-11)8-4-2-1-3-5-8/h1-6H,7H2,(H2,12,15)(H,13,14). The van der Waals surface area contributed by atoms with E-state index in [0.717, 1.165) is 16.3 Å². The van der Waals surface area contributed by atoms with Crippen LogP contribution in [-0.4, -0.2) is 21.9 Å². The number of aromatic nitrogens is 2. The van der Waals surface area contributed by atoms with Crippen LogP contribution in [0.3, 0.4) is 0 Å². The zero-order valence-electron chi connectivity index (χ0n) is 8.51. The van der Waals surface area contributed by atoms with Gasteiger partial charge in [0.1, 0.15) is 5.03 Å². The average Bonchev–Trinajstić information content (AvgIpc) is 2.76. The maximum atomic E-state index is 10.6. The van der Waals surface area contributed by atoms with Crippen LogP contribution in [-0.2, 0) is 4.79 Å². The van der Waals surface area contributed by atoms with Crippen molar-refractivity contribution in [2.45, 2.75) is 5.03 Å². The van der Waals surface area contributed by atoms with Gasteiger partial charge in [0.05, 0.1) is 11.4 Å². The van der Waals surface area contributed by atoms with Gasteiger partial charge in [0.15, 0.2) is 0 Å². The number of nitrogens with zero attached hydrogens (tertiary/aromatic N) is 1. The molecule has 16 heavy (non-hydrogen) atoms.